The fourth-order valence-electron chi connectivity index (χ4n) is 3.28. The topological polar surface area (TPSA) is 46.9 Å². The van der Waals surface area contributed by atoms with Crippen LogP contribution in [0.2, 0.25) is 10.2 Å². The maximum absolute atomic E-state index is 13.0. The van der Waals surface area contributed by atoms with Gasteiger partial charge in [0.25, 0.3) is 5.91 Å². The lowest BCUT2D eigenvalue weighted by Crippen LogP contribution is -2.30. The minimum atomic E-state index is -0.202. The second-order valence-electron chi connectivity index (χ2n) is 6.84. The number of hydrogen-bond acceptors (Lipinski definition) is 2. The molecule has 1 aromatic heterocycles. The van der Waals surface area contributed by atoms with E-state index in [1.165, 1.54) is 0 Å². The zero-order valence-corrected chi connectivity index (χ0v) is 16.3. The molecule has 4 rings (SSSR count). The third kappa shape index (κ3) is 3.73. The minimum absolute atomic E-state index is 0.0506. The molecule has 0 bridgehead atoms. The zero-order valence-electron chi connectivity index (χ0n) is 14.8. The third-order valence-electron chi connectivity index (χ3n) is 4.84. The quantitative estimate of drug-likeness (QED) is 0.626. The lowest BCUT2D eigenvalue weighted by Gasteiger charge is -2.19. The van der Waals surface area contributed by atoms with Crippen molar-refractivity contribution in [3.8, 4) is 5.69 Å². The summed E-state index contributed by atoms with van der Waals surface area (Å²) in [4.78, 5) is 13.0. The summed E-state index contributed by atoms with van der Waals surface area (Å²) in [6, 6.07) is 17.1. The Morgan fingerprint density at radius 3 is 2.41 bits per heavy atom. The first kappa shape index (κ1) is 18.1. The van der Waals surface area contributed by atoms with Crippen LogP contribution in [0.1, 0.15) is 40.5 Å². The van der Waals surface area contributed by atoms with Crippen LogP contribution < -0.4 is 5.32 Å². The van der Waals surface area contributed by atoms with Gasteiger partial charge in [-0.25, -0.2) is 4.68 Å². The first-order valence-electron chi connectivity index (χ1n) is 8.91. The molecule has 3 aromatic rings. The van der Waals surface area contributed by atoms with Crippen molar-refractivity contribution in [1.82, 2.24) is 15.1 Å². The number of halogens is 2. The highest BCUT2D eigenvalue weighted by atomic mass is 35.5. The van der Waals surface area contributed by atoms with Gasteiger partial charge in [-0.15, -0.1) is 0 Å². The molecule has 0 spiro atoms. The van der Waals surface area contributed by atoms with E-state index in [-0.39, 0.29) is 11.9 Å². The van der Waals surface area contributed by atoms with Crippen LogP contribution in [0.3, 0.4) is 0 Å². The molecule has 1 N–H and O–H groups in total. The summed E-state index contributed by atoms with van der Waals surface area (Å²) in [5.41, 5.74) is 2.90. The number of benzene rings is 2. The second-order valence-corrected chi connectivity index (χ2v) is 7.63. The Labute approximate surface area is 168 Å². The van der Waals surface area contributed by atoms with Crippen LogP contribution in [0.5, 0.6) is 0 Å². The molecule has 138 valence electrons. The number of amides is 1. The minimum Gasteiger partial charge on any atom is -0.345 e. The van der Waals surface area contributed by atoms with Gasteiger partial charge < -0.3 is 5.32 Å². The maximum atomic E-state index is 13.0. The highest BCUT2D eigenvalue weighted by Crippen LogP contribution is 2.41. The van der Waals surface area contributed by atoms with E-state index in [0.717, 1.165) is 24.1 Å². The second kappa shape index (κ2) is 7.37. The van der Waals surface area contributed by atoms with Gasteiger partial charge in [0.15, 0.2) is 0 Å². The van der Waals surface area contributed by atoms with Crippen LogP contribution in [-0.2, 0) is 0 Å². The number of carbonyl (C=O) groups is 1. The van der Waals surface area contributed by atoms with Crippen LogP contribution in [0, 0.1) is 12.8 Å². The summed E-state index contributed by atoms with van der Waals surface area (Å²) in [6.45, 7) is 1.80. The molecule has 4 nitrogen and oxygen atoms in total. The molecule has 6 heteroatoms. The number of para-hydroxylation sites is 1. The van der Waals surface area contributed by atoms with Gasteiger partial charge in [0, 0.05) is 5.02 Å². The van der Waals surface area contributed by atoms with E-state index in [0.29, 0.717) is 27.4 Å². The summed E-state index contributed by atoms with van der Waals surface area (Å²) in [6.07, 6.45) is 2.20. The fourth-order valence-corrected chi connectivity index (χ4v) is 3.77. The Bertz CT molecular complexity index is 963. The van der Waals surface area contributed by atoms with Crippen molar-refractivity contribution in [1.29, 1.82) is 0 Å². The Morgan fingerprint density at radius 2 is 1.78 bits per heavy atom. The highest BCUT2D eigenvalue weighted by Gasteiger charge is 2.34. The number of nitrogens with one attached hydrogen (secondary N) is 1. The van der Waals surface area contributed by atoms with Gasteiger partial charge in [-0.2, -0.15) is 5.10 Å². The predicted molar refractivity (Wildman–Crippen MR) is 108 cm³/mol. The number of aromatic nitrogens is 2. The molecular weight excluding hydrogens is 381 g/mol. The molecule has 1 fully saturated rings. The van der Waals surface area contributed by atoms with Crippen molar-refractivity contribution in [2.45, 2.75) is 25.8 Å². The van der Waals surface area contributed by atoms with Crippen molar-refractivity contribution in [3.63, 3.8) is 0 Å². The lowest BCUT2D eigenvalue weighted by molar-refractivity contribution is 0.0931. The van der Waals surface area contributed by atoms with Gasteiger partial charge in [0.2, 0.25) is 0 Å². The average Bonchev–Trinajstić information content (AvgIpc) is 3.46. The van der Waals surface area contributed by atoms with E-state index in [9.17, 15) is 4.79 Å². The monoisotopic (exact) mass is 399 g/mol. The lowest BCUT2D eigenvalue weighted by atomic mass is 10.0. The van der Waals surface area contributed by atoms with E-state index in [1.807, 2.05) is 54.6 Å². The molecule has 2 aromatic carbocycles. The van der Waals surface area contributed by atoms with Crippen molar-refractivity contribution < 1.29 is 4.79 Å². The van der Waals surface area contributed by atoms with Crippen LogP contribution in [0.15, 0.2) is 54.6 Å². The molecule has 0 saturated heterocycles. The smallest absolute Gasteiger partial charge is 0.256 e. The number of nitrogens with zero attached hydrogens (tertiary/aromatic N) is 2. The van der Waals surface area contributed by atoms with E-state index in [1.54, 1.807) is 11.6 Å². The molecule has 0 unspecified atom stereocenters. The normalized spacial score (nSPS) is 14.8. The standard InChI is InChI=1S/C21H19Cl2N3O/c1-13-18(20(23)26(25-13)17-5-3-2-4-6-17)21(27)24-19(14-7-8-14)15-9-11-16(22)12-10-15/h2-6,9-12,14,19H,7-8H2,1H3,(H,24,27)/t19-/m0/s1. The summed E-state index contributed by atoms with van der Waals surface area (Å²) in [5, 5.41) is 8.62. The number of hydrogen-bond donors (Lipinski definition) is 1. The molecule has 1 aliphatic carbocycles. The number of aryl methyl sites for hydroxylation is 1. The molecule has 1 saturated carbocycles. The highest BCUT2D eigenvalue weighted by molar-refractivity contribution is 6.33. The molecular formula is C21H19Cl2N3O. The van der Waals surface area contributed by atoms with Gasteiger partial charge in [0.05, 0.1) is 23.0 Å². The van der Waals surface area contributed by atoms with Crippen molar-refractivity contribution in [2.75, 3.05) is 0 Å². The molecule has 1 amide bonds. The van der Waals surface area contributed by atoms with Crippen LogP contribution in [0.4, 0.5) is 0 Å². The van der Waals surface area contributed by atoms with Crippen molar-refractivity contribution in [2.24, 2.45) is 5.92 Å². The third-order valence-corrected chi connectivity index (χ3v) is 5.44. The van der Waals surface area contributed by atoms with Gasteiger partial charge in [0.1, 0.15) is 5.15 Å². The van der Waals surface area contributed by atoms with E-state index in [4.69, 9.17) is 23.2 Å². The van der Waals surface area contributed by atoms with Crippen molar-refractivity contribution in [3.05, 3.63) is 81.6 Å². The molecule has 1 aliphatic rings. The Morgan fingerprint density at radius 1 is 1.11 bits per heavy atom. The average molecular weight is 400 g/mol. The molecule has 27 heavy (non-hydrogen) atoms. The summed E-state index contributed by atoms with van der Waals surface area (Å²) in [5.74, 6) is 0.241. The number of rotatable bonds is 5. The SMILES string of the molecule is Cc1nn(-c2ccccc2)c(Cl)c1C(=O)N[C@H](c1ccc(Cl)cc1)C1CC1. The largest absolute Gasteiger partial charge is 0.345 e. The first-order valence-corrected chi connectivity index (χ1v) is 9.67. The van der Waals surface area contributed by atoms with E-state index < -0.39 is 0 Å². The molecule has 1 atom stereocenters. The fraction of sp³-hybridized carbons (Fsp3) is 0.238. The van der Waals surface area contributed by atoms with Gasteiger partial charge in [-0.1, -0.05) is 53.5 Å². The summed E-state index contributed by atoms with van der Waals surface area (Å²) < 4.78 is 1.60. The molecule has 1 heterocycles. The number of carbonyl (C=O) groups excluding carboxylic acids is 1. The summed E-state index contributed by atoms with van der Waals surface area (Å²) in [7, 11) is 0. The molecule has 0 radical (unpaired) electrons. The Hall–Kier alpha value is -2.30. The first-order chi connectivity index (χ1) is 13.0. The summed E-state index contributed by atoms with van der Waals surface area (Å²) >= 11 is 12.5. The van der Waals surface area contributed by atoms with E-state index in [2.05, 4.69) is 10.4 Å². The van der Waals surface area contributed by atoms with Crippen LogP contribution >= 0.6 is 23.2 Å². The predicted octanol–water partition coefficient (Wildman–Crippen LogP) is 5.37. The van der Waals surface area contributed by atoms with Crippen LogP contribution in [-0.4, -0.2) is 15.7 Å². The van der Waals surface area contributed by atoms with E-state index >= 15 is 0 Å². The van der Waals surface area contributed by atoms with Gasteiger partial charge >= 0.3 is 0 Å². The zero-order chi connectivity index (χ0) is 19.0. The molecule has 0 aliphatic heterocycles. The van der Waals surface area contributed by atoms with Crippen LogP contribution in [0.25, 0.3) is 5.69 Å². The maximum Gasteiger partial charge on any atom is 0.256 e. The Balaban J connectivity index is 1.62. The van der Waals surface area contributed by atoms with Crippen molar-refractivity contribution >= 4 is 29.1 Å². The van der Waals surface area contributed by atoms with Gasteiger partial charge in [-0.3, -0.25) is 4.79 Å². The van der Waals surface area contributed by atoms with Gasteiger partial charge in [-0.05, 0) is 55.5 Å². The Kier molecular flexibility index (Phi) is 4.94.